The number of nitrogens with zero attached hydrogens (tertiary/aromatic N) is 3. The quantitative estimate of drug-likeness (QED) is 0.523. The van der Waals surface area contributed by atoms with Crippen LogP contribution >= 0.6 is 11.6 Å². The molecular formula is C19H27ClN3O3+. The lowest BCUT2D eigenvalue weighted by Crippen LogP contribution is -2.31. The number of fused-ring (bicyclic) bond motifs is 3. The van der Waals surface area contributed by atoms with Gasteiger partial charge in [-0.15, -0.1) is 0 Å². The first-order chi connectivity index (χ1) is 12.3. The van der Waals surface area contributed by atoms with Crippen LogP contribution < -0.4 is 4.73 Å². The van der Waals surface area contributed by atoms with Crippen LogP contribution in [0.1, 0.15) is 40.4 Å². The van der Waals surface area contributed by atoms with Gasteiger partial charge in [-0.25, -0.2) is 4.98 Å². The van der Waals surface area contributed by atoms with Crippen molar-refractivity contribution in [1.82, 2.24) is 9.55 Å². The second-order valence-corrected chi connectivity index (χ2v) is 6.87. The number of aromatic nitrogens is 3. The molecule has 0 fully saturated rings. The zero-order valence-electron chi connectivity index (χ0n) is 16.0. The SMILES string of the molecule is CC.CCOCc1nc2c[n+](O)c3cc(Cl)ccc3c2n1CC(C)(C)O. The zero-order valence-corrected chi connectivity index (χ0v) is 16.7. The van der Waals surface area contributed by atoms with Crippen molar-refractivity contribution in [3.05, 3.63) is 35.2 Å². The first-order valence-corrected chi connectivity index (χ1v) is 9.20. The molecule has 0 spiro atoms. The Morgan fingerprint density at radius 1 is 1.31 bits per heavy atom. The lowest BCUT2D eigenvalue weighted by atomic mass is 10.1. The van der Waals surface area contributed by atoms with Crippen LogP contribution in [0.4, 0.5) is 0 Å². The lowest BCUT2D eigenvalue weighted by Gasteiger charge is -2.20. The van der Waals surface area contributed by atoms with E-state index in [0.29, 0.717) is 41.6 Å². The predicted octanol–water partition coefficient (Wildman–Crippen LogP) is 3.70. The molecule has 0 aliphatic heterocycles. The van der Waals surface area contributed by atoms with Crippen LogP contribution in [0.3, 0.4) is 0 Å². The van der Waals surface area contributed by atoms with E-state index in [4.69, 9.17) is 16.3 Å². The van der Waals surface area contributed by atoms with Crippen LogP contribution in [0.25, 0.3) is 21.9 Å². The Hall–Kier alpha value is -1.89. The van der Waals surface area contributed by atoms with Crippen molar-refractivity contribution in [3.8, 4) is 0 Å². The number of hydrogen-bond donors (Lipinski definition) is 2. The number of hydrogen-bond acceptors (Lipinski definition) is 4. The second kappa shape index (κ2) is 8.20. The average molecular weight is 381 g/mol. The molecule has 0 radical (unpaired) electrons. The Bertz CT molecular complexity index is 901. The molecule has 0 saturated carbocycles. The zero-order chi connectivity index (χ0) is 19.5. The number of aliphatic hydroxyl groups is 1. The Morgan fingerprint density at radius 2 is 2.00 bits per heavy atom. The molecule has 2 heterocycles. The maximum atomic E-state index is 10.3. The molecule has 3 aromatic rings. The van der Waals surface area contributed by atoms with Gasteiger partial charge >= 0.3 is 0 Å². The van der Waals surface area contributed by atoms with E-state index in [0.717, 1.165) is 15.6 Å². The number of pyridine rings is 1. The molecule has 7 heteroatoms. The molecule has 2 N–H and O–H groups in total. The first-order valence-electron chi connectivity index (χ1n) is 8.82. The predicted molar refractivity (Wildman–Crippen MR) is 103 cm³/mol. The van der Waals surface area contributed by atoms with Gasteiger partial charge in [-0.1, -0.05) is 25.4 Å². The minimum atomic E-state index is -0.918. The van der Waals surface area contributed by atoms with Crippen molar-refractivity contribution >= 4 is 33.5 Å². The van der Waals surface area contributed by atoms with E-state index in [9.17, 15) is 10.3 Å². The summed E-state index contributed by atoms with van der Waals surface area (Å²) < 4.78 is 8.48. The highest BCUT2D eigenvalue weighted by atomic mass is 35.5. The summed E-state index contributed by atoms with van der Waals surface area (Å²) >= 11 is 6.05. The van der Waals surface area contributed by atoms with E-state index >= 15 is 0 Å². The Morgan fingerprint density at radius 3 is 2.62 bits per heavy atom. The smallest absolute Gasteiger partial charge is 0.268 e. The molecule has 0 atom stereocenters. The standard InChI is InChI=1S/C17H21ClN3O3.C2H6/c1-4-24-9-15-19-13-8-21(23)14-7-11(18)5-6-12(14)16(13)20(15)10-17(2,3)22;1-2/h5-8,22-23H,4,9-10H2,1-3H3;1-2H3/q+1;. The van der Waals surface area contributed by atoms with E-state index in [2.05, 4.69) is 4.98 Å². The van der Waals surface area contributed by atoms with Crippen molar-refractivity contribution in [1.29, 1.82) is 0 Å². The molecular weight excluding hydrogens is 354 g/mol. The summed E-state index contributed by atoms with van der Waals surface area (Å²) in [6.07, 6.45) is 1.55. The van der Waals surface area contributed by atoms with Gasteiger partial charge < -0.3 is 14.4 Å². The van der Waals surface area contributed by atoms with E-state index in [1.165, 1.54) is 0 Å². The van der Waals surface area contributed by atoms with Crippen LogP contribution in [0.2, 0.25) is 5.02 Å². The summed E-state index contributed by atoms with van der Waals surface area (Å²) in [4.78, 5) is 4.58. The fourth-order valence-corrected chi connectivity index (χ4v) is 3.00. The summed E-state index contributed by atoms with van der Waals surface area (Å²) in [7, 11) is 0. The van der Waals surface area contributed by atoms with Crippen molar-refractivity contribution < 1.29 is 19.8 Å². The molecule has 2 aromatic heterocycles. The van der Waals surface area contributed by atoms with Gasteiger partial charge in [0.25, 0.3) is 11.7 Å². The molecule has 1 aromatic carbocycles. The van der Waals surface area contributed by atoms with E-state index in [-0.39, 0.29) is 0 Å². The molecule has 0 amide bonds. The van der Waals surface area contributed by atoms with Gasteiger partial charge in [0.2, 0.25) is 0 Å². The maximum absolute atomic E-state index is 10.3. The Balaban J connectivity index is 0.00000117. The van der Waals surface area contributed by atoms with Gasteiger partial charge in [0, 0.05) is 22.4 Å². The summed E-state index contributed by atoms with van der Waals surface area (Å²) in [5.41, 5.74) is 1.13. The molecule has 26 heavy (non-hydrogen) atoms. The fourth-order valence-electron chi connectivity index (χ4n) is 2.83. The first kappa shape index (κ1) is 20.4. The number of rotatable bonds is 5. The van der Waals surface area contributed by atoms with Gasteiger partial charge in [-0.05, 0) is 32.9 Å². The normalized spacial score (nSPS) is 11.7. The number of ether oxygens (including phenoxy) is 1. The van der Waals surface area contributed by atoms with Crippen LogP contribution in [0, 0.1) is 0 Å². The van der Waals surface area contributed by atoms with E-state index in [1.807, 2.05) is 31.4 Å². The summed E-state index contributed by atoms with van der Waals surface area (Å²) in [5.74, 6) is 0.705. The number of imidazole rings is 1. The third-order valence-corrected chi connectivity index (χ3v) is 4.00. The number of halogens is 1. The average Bonchev–Trinajstić information content (AvgIpc) is 2.90. The van der Waals surface area contributed by atoms with Crippen molar-refractivity contribution in [3.63, 3.8) is 0 Å². The molecule has 0 aliphatic rings. The fraction of sp³-hybridized carbons (Fsp3) is 0.474. The van der Waals surface area contributed by atoms with Crippen molar-refractivity contribution in [2.24, 2.45) is 0 Å². The maximum Gasteiger partial charge on any atom is 0.268 e. The van der Waals surface area contributed by atoms with Gasteiger partial charge in [-0.3, -0.25) is 5.21 Å². The Kier molecular flexibility index (Phi) is 6.44. The van der Waals surface area contributed by atoms with Crippen LogP contribution in [0.5, 0.6) is 0 Å². The van der Waals surface area contributed by atoms with Crippen LogP contribution in [-0.4, -0.2) is 32.1 Å². The van der Waals surface area contributed by atoms with E-state index < -0.39 is 5.60 Å². The highest BCUT2D eigenvalue weighted by molar-refractivity contribution is 6.31. The lowest BCUT2D eigenvalue weighted by molar-refractivity contribution is -0.883. The highest BCUT2D eigenvalue weighted by Gasteiger charge is 2.24. The molecule has 0 unspecified atom stereocenters. The largest absolute Gasteiger partial charge is 0.389 e. The third kappa shape index (κ3) is 4.26. The topological polar surface area (TPSA) is 71.4 Å². The van der Waals surface area contributed by atoms with Crippen molar-refractivity contribution in [2.45, 2.75) is 53.4 Å². The summed E-state index contributed by atoms with van der Waals surface area (Å²) in [6, 6.07) is 5.31. The van der Waals surface area contributed by atoms with Gasteiger partial charge in [-0.2, -0.15) is 0 Å². The third-order valence-electron chi connectivity index (χ3n) is 3.76. The molecule has 0 aliphatic carbocycles. The summed E-state index contributed by atoms with van der Waals surface area (Å²) in [6.45, 7) is 10.7. The molecule has 3 rings (SSSR count). The molecule has 0 saturated heterocycles. The minimum Gasteiger partial charge on any atom is -0.389 e. The molecule has 0 bridgehead atoms. The van der Waals surface area contributed by atoms with Crippen LogP contribution in [-0.2, 0) is 17.9 Å². The number of benzene rings is 1. The van der Waals surface area contributed by atoms with Gasteiger partial charge in [0.05, 0.1) is 23.0 Å². The second-order valence-electron chi connectivity index (χ2n) is 6.43. The Labute approximate surface area is 158 Å². The van der Waals surface area contributed by atoms with Crippen LogP contribution in [0.15, 0.2) is 24.4 Å². The van der Waals surface area contributed by atoms with Gasteiger partial charge in [0.15, 0.2) is 5.52 Å². The highest BCUT2D eigenvalue weighted by Crippen LogP contribution is 2.27. The van der Waals surface area contributed by atoms with Crippen molar-refractivity contribution in [2.75, 3.05) is 6.61 Å². The molecule has 6 nitrogen and oxygen atoms in total. The monoisotopic (exact) mass is 380 g/mol. The summed E-state index contributed by atoms with van der Waals surface area (Å²) in [5, 5.41) is 21.9. The van der Waals surface area contributed by atoms with Gasteiger partial charge in [0.1, 0.15) is 12.4 Å². The minimum absolute atomic E-state index is 0.335. The molecule has 142 valence electrons. The van der Waals surface area contributed by atoms with E-state index in [1.54, 1.807) is 32.2 Å².